The molecule has 2 aliphatic heterocycles. The van der Waals surface area contributed by atoms with E-state index in [4.69, 9.17) is 9.47 Å². The molecule has 2 aromatic carbocycles. The van der Waals surface area contributed by atoms with Crippen LogP contribution in [0, 0.1) is 5.82 Å². The fourth-order valence-electron chi connectivity index (χ4n) is 3.35. The van der Waals surface area contributed by atoms with Crippen molar-refractivity contribution in [3.05, 3.63) is 48.3 Å². The van der Waals surface area contributed by atoms with Gasteiger partial charge in [-0.05, 0) is 24.3 Å². The Morgan fingerprint density at radius 1 is 1.00 bits per heavy atom. The van der Waals surface area contributed by atoms with Gasteiger partial charge in [-0.25, -0.2) is 4.39 Å². The van der Waals surface area contributed by atoms with Gasteiger partial charge in [-0.15, -0.1) is 0 Å². The Balaban J connectivity index is 1.29. The second kappa shape index (κ2) is 7.73. The summed E-state index contributed by atoms with van der Waals surface area (Å²) in [6.07, 6.45) is 0. The number of halogens is 1. The van der Waals surface area contributed by atoms with Gasteiger partial charge in [0, 0.05) is 37.9 Å². The number of nitrogens with zero attached hydrogens (tertiary/aromatic N) is 2. The summed E-state index contributed by atoms with van der Waals surface area (Å²) in [4.78, 5) is 16.3. The van der Waals surface area contributed by atoms with Gasteiger partial charge in [-0.3, -0.25) is 4.79 Å². The van der Waals surface area contributed by atoms with E-state index in [2.05, 4.69) is 5.32 Å². The fraction of sp³-hybridized carbons (Fsp3) is 0.350. The summed E-state index contributed by atoms with van der Waals surface area (Å²) in [6, 6.07) is 12.3. The van der Waals surface area contributed by atoms with Gasteiger partial charge in [-0.1, -0.05) is 12.1 Å². The van der Waals surface area contributed by atoms with Gasteiger partial charge in [0.25, 0.3) is 0 Å². The quantitative estimate of drug-likeness (QED) is 0.894. The fourth-order valence-corrected chi connectivity index (χ4v) is 3.35. The number of rotatable bonds is 4. The van der Waals surface area contributed by atoms with Crippen LogP contribution in [0.5, 0.6) is 11.5 Å². The minimum absolute atomic E-state index is 0.0260. The number of carbonyl (C=O) groups excluding carboxylic acids is 1. The Kier molecular flexibility index (Phi) is 5.00. The van der Waals surface area contributed by atoms with E-state index in [9.17, 15) is 9.18 Å². The molecule has 0 radical (unpaired) electrons. The average molecular weight is 371 g/mol. The van der Waals surface area contributed by atoms with Crippen molar-refractivity contribution in [1.82, 2.24) is 4.90 Å². The smallest absolute Gasteiger partial charge is 0.241 e. The highest BCUT2D eigenvalue weighted by Crippen LogP contribution is 2.32. The van der Waals surface area contributed by atoms with Crippen molar-refractivity contribution < 1.29 is 18.7 Å². The number of ether oxygens (including phenoxy) is 2. The van der Waals surface area contributed by atoms with Crippen LogP contribution in [0.2, 0.25) is 0 Å². The second-order valence-electron chi connectivity index (χ2n) is 6.53. The number of amides is 1. The summed E-state index contributed by atoms with van der Waals surface area (Å²) in [6.45, 7) is 3.69. The average Bonchev–Trinajstić information content (AvgIpc) is 2.72. The van der Waals surface area contributed by atoms with Crippen molar-refractivity contribution in [1.29, 1.82) is 0 Å². The Labute approximate surface area is 157 Å². The van der Waals surface area contributed by atoms with Crippen molar-refractivity contribution >= 4 is 17.3 Å². The van der Waals surface area contributed by atoms with Gasteiger partial charge in [0.1, 0.15) is 19.0 Å². The third-order valence-corrected chi connectivity index (χ3v) is 4.81. The number of carbonyl (C=O) groups is 1. The molecule has 4 rings (SSSR count). The van der Waals surface area contributed by atoms with Crippen molar-refractivity contribution in [3.8, 4) is 11.5 Å². The van der Waals surface area contributed by atoms with Gasteiger partial charge < -0.3 is 24.6 Å². The molecule has 2 aromatic rings. The van der Waals surface area contributed by atoms with E-state index in [-0.39, 0.29) is 18.3 Å². The lowest BCUT2D eigenvalue weighted by Crippen LogP contribution is -2.50. The molecule has 0 unspecified atom stereocenters. The van der Waals surface area contributed by atoms with Crippen LogP contribution < -0.4 is 19.7 Å². The Morgan fingerprint density at radius 2 is 1.74 bits per heavy atom. The molecule has 1 N–H and O–H groups in total. The molecule has 142 valence electrons. The van der Waals surface area contributed by atoms with Crippen molar-refractivity contribution in [2.75, 3.05) is 56.2 Å². The molecule has 2 aliphatic rings. The van der Waals surface area contributed by atoms with Crippen LogP contribution >= 0.6 is 0 Å². The van der Waals surface area contributed by atoms with Crippen molar-refractivity contribution in [2.24, 2.45) is 0 Å². The zero-order valence-electron chi connectivity index (χ0n) is 15.0. The van der Waals surface area contributed by atoms with Gasteiger partial charge in [0.15, 0.2) is 11.5 Å². The Morgan fingerprint density at radius 3 is 2.52 bits per heavy atom. The molecule has 1 amide bonds. The van der Waals surface area contributed by atoms with Crippen LogP contribution in [0.4, 0.5) is 15.8 Å². The van der Waals surface area contributed by atoms with Crippen LogP contribution in [0.3, 0.4) is 0 Å². The molecule has 0 bridgehead atoms. The number of fused-ring (bicyclic) bond motifs is 1. The van der Waals surface area contributed by atoms with Crippen molar-refractivity contribution in [3.63, 3.8) is 0 Å². The number of para-hydroxylation sites is 1. The third kappa shape index (κ3) is 3.92. The first-order valence-electron chi connectivity index (χ1n) is 9.11. The molecule has 1 fully saturated rings. The summed E-state index contributed by atoms with van der Waals surface area (Å²) < 4.78 is 25.0. The topological polar surface area (TPSA) is 54.0 Å². The van der Waals surface area contributed by atoms with Crippen LogP contribution in [0.15, 0.2) is 42.5 Å². The maximum absolute atomic E-state index is 13.9. The number of anilines is 2. The van der Waals surface area contributed by atoms with E-state index < -0.39 is 0 Å². The number of hydrogen-bond donors (Lipinski definition) is 1. The summed E-state index contributed by atoms with van der Waals surface area (Å²) >= 11 is 0. The molecular weight excluding hydrogens is 349 g/mol. The summed E-state index contributed by atoms with van der Waals surface area (Å²) in [5, 5.41) is 3.14. The lowest BCUT2D eigenvalue weighted by molar-refractivity contribution is -0.129. The highest BCUT2D eigenvalue weighted by atomic mass is 19.1. The number of hydrogen-bond acceptors (Lipinski definition) is 5. The van der Waals surface area contributed by atoms with Crippen LogP contribution in [-0.2, 0) is 4.79 Å². The number of nitrogens with one attached hydrogen (secondary N) is 1. The molecule has 7 heteroatoms. The zero-order chi connectivity index (χ0) is 18.6. The maximum Gasteiger partial charge on any atom is 0.241 e. The maximum atomic E-state index is 13.9. The SMILES string of the molecule is O=C(CNc1ccc2c(c1)OCCO2)N1CCN(c2ccccc2F)CC1. The van der Waals surface area contributed by atoms with Gasteiger partial charge >= 0.3 is 0 Å². The van der Waals surface area contributed by atoms with Crippen LogP contribution in [-0.4, -0.2) is 56.7 Å². The molecule has 0 spiro atoms. The van der Waals surface area contributed by atoms with E-state index in [0.29, 0.717) is 50.8 Å². The third-order valence-electron chi connectivity index (χ3n) is 4.81. The van der Waals surface area contributed by atoms with E-state index in [1.165, 1.54) is 6.07 Å². The Bertz CT molecular complexity index is 822. The predicted molar refractivity (Wildman–Crippen MR) is 101 cm³/mol. The lowest BCUT2D eigenvalue weighted by Gasteiger charge is -2.36. The lowest BCUT2D eigenvalue weighted by atomic mass is 10.2. The summed E-state index contributed by atoms with van der Waals surface area (Å²) in [7, 11) is 0. The first-order chi connectivity index (χ1) is 13.2. The first kappa shape index (κ1) is 17.5. The molecule has 0 atom stereocenters. The largest absolute Gasteiger partial charge is 0.486 e. The minimum atomic E-state index is -0.224. The molecule has 1 saturated heterocycles. The molecule has 27 heavy (non-hydrogen) atoms. The minimum Gasteiger partial charge on any atom is -0.486 e. The number of benzene rings is 2. The molecule has 6 nitrogen and oxygen atoms in total. The molecular formula is C20H22FN3O3. The normalized spacial score (nSPS) is 16.2. The van der Waals surface area contributed by atoms with Gasteiger partial charge in [0.05, 0.1) is 12.2 Å². The van der Waals surface area contributed by atoms with Gasteiger partial charge in [-0.2, -0.15) is 0 Å². The zero-order valence-corrected chi connectivity index (χ0v) is 15.0. The standard InChI is InChI=1S/C20H22FN3O3/c21-16-3-1-2-4-17(16)23-7-9-24(10-8-23)20(25)14-22-15-5-6-18-19(13-15)27-12-11-26-18/h1-6,13,22H,7-12,14H2. The second-order valence-corrected chi connectivity index (χ2v) is 6.53. The molecule has 0 aromatic heterocycles. The van der Waals surface area contributed by atoms with E-state index in [0.717, 1.165) is 11.4 Å². The highest BCUT2D eigenvalue weighted by molar-refractivity contribution is 5.81. The molecule has 2 heterocycles. The van der Waals surface area contributed by atoms with Crippen LogP contribution in [0.1, 0.15) is 0 Å². The molecule has 0 saturated carbocycles. The van der Waals surface area contributed by atoms with E-state index in [1.807, 2.05) is 34.1 Å². The Hall–Kier alpha value is -2.96. The van der Waals surface area contributed by atoms with E-state index in [1.54, 1.807) is 12.1 Å². The van der Waals surface area contributed by atoms with E-state index >= 15 is 0 Å². The molecule has 0 aliphatic carbocycles. The van der Waals surface area contributed by atoms with Crippen LogP contribution in [0.25, 0.3) is 0 Å². The van der Waals surface area contributed by atoms with Crippen molar-refractivity contribution in [2.45, 2.75) is 0 Å². The monoisotopic (exact) mass is 371 g/mol. The van der Waals surface area contributed by atoms with Gasteiger partial charge in [0.2, 0.25) is 5.91 Å². The predicted octanol–water partition coefficient (Wildman–Crippen LogP) is 2.36. The summed E-state index contributed by atoms with van der Waals surface area (Å²) in [5.74, 6) is 1.22. The summed E-state index contributed by atoms with van der Waals surface area (Å²) in [5.41, 5.74) is 1.41. The number of piperazine rings is 1. The highest BCUT2D eigenvalue weighted by Gasteiger charge is 2.22. The first-order valence-corrected chi connectivity index (χ1v) is 9.11.